The Hall–Kier alpha value is -1.06. The zero-order valence-electron chi connectivity index (χ0n) is 7.84. The fourth-order valence-electron chi connectivity index (χ4n) is 2.10. The molecule has 3 rings (SSSR count). The van der Waals surface area contributed by atoms with Gasteiger partial charge in [0.15, 0.2) is 0 Å². The third-order valence-corrected chi connectivity index (χ3v) is 2.87. The second-order valence-corrected chi connectivity index (χ2v) is 3.75. The summed E-state index contributed by atoms with van der Waals surface area (Å²) < 4.78 is 0. The summed E-state index contributed by atoms with van der Waals surface area (Å²) in [6.07, 6.45) is 4.63. The van der Waals surface area contributed by atoms with Crippen LogP contribution >= 0.6 is 0 Å². The highest BCUT2D eigenvalue weighted by Gasteiger charge is 2.54. The molecule has 0 aromatic carbocycles. The van der Waals surface area contributed by atoms with Crippen LogP contribution in [0.4, 0.5) is 4.79 Å². The molecule has 2 amide bonds. The molecule has 0 saturated carbocycles. The molecule has 4 nitrogen and oxygen atoms in total. The zero-order valence-corrected chi connectivity index (χ0v) is 7.84. The van der Waals surface area contributed by atoms with Crippen molar-refractivity contribution in [2.75, 3.05) is 0 Å². The van der Waals surface area contributed by atoms with E-state index < -0.39 is 0 Å². The minimum absolute atomic E-state index is 0.0318. The van der Waals surface area contributed by atoms with Crippen LogP contribution in [0.1, 0.15) is 32.6 Å². The van der Waals surface area contributed by atoms with Crippen LogP contribution in [-0.2, 0) is 0 Å². The van der Waals surface area contributed by atoms with E-state index in [2.05, 4.69) is 12.2 Å². The number of hydrogen-bond acceptors (Lipinski definition) is 2. The molecule has 2 atom stereocenters. The lowest BCUT2D eigenvalue weighted by atomic mass is 9.93. The minimum atomic E-state index is -0.0727. The minimum Gasteiger partial charge on any atom is -0.326 e. The first-order chi connectivity index (χ1) is 6.25. The summed E-state index contributed by atoms with van der Waals surface area (Å²) in [5, 5.41) is 10.3. The van der Waals surface area contributed by atoms with Gasteiger partial charge in [-0.1, -0.05) is 26.2 Å². The number of nitrogens with one attached hydrogen (secondary N) is 2. The van der Waals surface area contributed by atoms with Gasteiger partial charge >= 0.3 is 6.03 Å². The average Bonchev–Trinajstić information content (AvgIpc) is 2.58. The zero-order chi connectivity index (χ0) is 9.42. The number of fused-ring (bicyclic) bond motifs is 1. The Kier molecular flexibility index (Phi) is 1.98. The van der Waals surface area contributed by atoms with Crippen LogP contribution in [0.3, 0.4) is 0 Å². The van der Waals surface area contributed by atoms with E-state index in [-0.39, 0.29) is 18.1 Å². The van der Waals surface area contributed by atoms with Crippen LogP contribution in [0.2, 0.25) is 0 Å². The van der Waals surface area contributed by atoms with Crippen LogP contribution in [0.15, 0.2) is 0 Å². The predicted octanol–water partition coefficient (Wildman–Crippen LogP) is 1.32. The van der Waals surface area contributed by atoms with Gasteiger partial charge in [0.25, 0.3) is 0 Å². The van der Waals surface area contributed by atoms with Crippen molar-refractivity contribution in [3.63, 3.8) is 0 Å². The third kappa shape index (κ3) is 1.12. The molecule has 4 heteroatoms. The molecule has 72 valence electrons. The molecule has 0 aromatic rings. The molecule has 0 spiro atoms. The van der Waals surface area contributed by atoms with Gasteiger partial charge < -0.3 is 5.32 Å². The van der Waals surface area contributed by atoms with Crippen molar-refractivity contribution >= 4 is 11.9 Å². The SMILES string of the molecule is CCCCCC1C2NC(=O)N1C2=N. The monoisotopic (exact) mass is 181 g/mol. The lowest BCUT2D eigenvalue weighted by Crippen LogP contribution is -2.58. The van der Waals surface area contributed by atoms with E-state index in [0.29, 0.717) is 5.84 Å². The van der Waals surface area contributed by atoms with Crippen LogP contribution < -0.4 is 5.32 Å². The fraction of sp³-hybridized carbons (Fsp3) is 0.778. The maximum atomic E-state index is 11.1. The second kappa shape index (κ2) is 3.01. The highest BCUT2D eigenvalue weighted by molar-refractivity contribution is 6.11. The number of rotatable bonds is 4. The van der Waals surface area contributed by atoms with Crippen molar-refractivity contribution in [2.45, 2.75) is 44.7 Å². The maximum absolute atomic E-state index is 11.1. The van der Waals surface area contributed by atoms with E-state index >= 15 is 0 Å². The molecule has 0 radical (unpaired) electrons. The Morgan fingerprint density at radius 1 is 1.54 bits per heavy atom. The summed E-state index contributed by atoms with van der Waals surface area (Å²) in [5.74, 6) is 0.464. The first-order valence-corrected chi connectivity index (χ1v) is 4.94. The van der Waals surface area contributed by atoms with Crippen molar-refractivity contribution in [3.8, 4) is 0 Å². The third-order valence-electron chi connectivity index (χ3n) is 2.87. The van der Waals surface area contributed by atoms with Crippen LogP contribution in [0, 0.1) is 5.41 Å². The first kappa shape index (κ1) is 8.53. The summed E-state index contributed by atoms with van der Waals surface area (Å²) in [5.41, 5.74) is 0. The highest BCUT2D eigenvalue weighted by atomic mass is 16.2. The summed E-state index contributed by atoms with van der Waals surface area (Å²) in [6.45, 7) is 2.17. The largest absolute Gasteiger partial charge is 0.326 e. The highest BCUT2D eigenvalue weighted by Crippen LogP contribution is 2.30. The van der Waals surface area contributed by atoms with Crippen molar-refractivity contribution in [2.24, 2.45) is 0 Å². The Morgan fingerprint density at radius 2 is 2.31 bits per heavy atom. The molecule has 0 aliphatic carbocycles. The van der Waals surface area contributed by atoms with Gasteiger partial charge in [-0.15, -0.1) is 0 Å². The quantitative estimate of drug-likeness (QED) is 0.631. The van der Waals surface area contributed by atoms with E-state index in [1.54, 1.807) is 4.90 Å². The van der Waals surface area contributed by atoms with Crippen LogP contribution in [0.25, 0.3) is 0 Å². The van der Waals surface area contributed by atoms with Crippen LogP contribution in [-0.4, -0.2) is 28.9 Å². The molecule has 2 N–H and O–H groups in total. The molecular weight excluding hydrogens is 166 g/mol. The molecule has 3 aliphatic heterocycles. The molecule has 2 unspecified atom stereocenters. The van der Waals surface area contributed by atoms with Gasteiger partial charge in [-0.25, -0.2) is 4.79 Å². The maximum Gasteiger partial charge on any atom is 0.323 e. The first-order valence-electron chi connectivity index (χ1n) is 4.94. The van der Waals surface area contributed by atoms with Gasteiger partial charge in [0, 0.05) is 0 Å². The standard InChI is InChI=1S/C9H15N3O/c1-2-3-4-5-6-7-8(10)12(6)9(13)11-7/h6-7,10H,2-5H2,1H3,(H,11,13). The second-order valence-electron chi connectivity index (χ2n) is 3.75. The molecule has 0 aromatic heterocycles. The molecule has 13 heavy (non-hydrogen) atoms. The van der Waals surface area contributed by atoms with E-state index in [9.17, 15) is 4.79 Å². The van der Waals surface area contributed by atoms with Gasteiger partial charge in [-0.3, -0.25) is 10.3 Å². The molecule has 2 bridgehead atoms. The Bertz CT molecular complexity index is 243. The van der Waals surface area contributed by atoms with E-state index in [1.165, 1.54) is 12.8 Å². The normalized spacial score (nSPS) is 30.4. The van der Waals surface area contributed by atoms with Gasteiger partial charge in [0.1, 0.15) is 11.9 Å². The predicted molar refractivity (Wildman–Crippen MR) is 49.8 cm³/mol. The summed E-state index contributed by atoms with van der Waals surface area (Å²) in [6, 6.07) is 0.243. The molecule has 3 heterocycles. The molecular formula is C9H15N3O. The summed E-state index contributed by atoms with van der Waals surface area (Å²) in [4.78, 5) is 12.7. The van der Waals surface area contributed by atoms with E-state index in [4.69, 9.17) is 5.41 Å². The Morgan fingerprint density at radius 3 is 2.77 bits per heavy atom. The number of amidine groups is 1. The van der Waals surface area contributed by atoms with Gasteiger partial charge in [-0.2, -0.15) is 0 Å². The van der Waals surface area contributed by atoms with Crippen molar-refractivity contribution < 1.29 is 4.79 Å². The smallest absolute Gasteiger partial charge is 0.323 e. The number of carbonyl (C=O) groups excluding carboxylic acids is 1. The lowest BCUT2D eigenvalue weighted by Gasteiger charge is -2.36. The lowest BCUT2D eigenvalue weighted by molar-refractivity contribution is 0.220. The van der Waals surface area contributed by atoms with Gasteiger partial charge in [-0.05, 0) is 6.42 Å². The van der Waals surface area contributed by atoms with E-state index in [1.807, 2.05) is 0 Å². The number of urea groups is 1. The van der Waals surface area contributed by atoms with Crippen molar-refractivity contribution in [1.29, 1.82) is 5.41 Å². The van der Waals surface area contributed by atoms with E-state index in [0.717, 1.165) is 12.8 Å². The topological polar surface area (TPSA) is 56.2 Å². The Balaban J connectivity index is 1.85. The molecule has 3 fully saturated rings. The summed E-state index contributed by atoms with van der Waals surface area (Å²) in [7, 11) is 0. The fourth-order valence-corrected chi connectivity index (χ4v) is 2.10. The van der Waals surface area contributed by atoms with Gasteiger partial charge in [0.2, 0.25) is 0 Å². The number of nitrogens with zero attached hydrogens (tertiary/aromatic N) is 1. The van der Waals surface area contributed by atoms with Crippen molar-refractivity contribution in [1.82, 2.24) is 10.2 Å². The number of unbranched alkanes of at least 4 members (excludes halogenated alkanes) is 2. The van der Waals surface area contributed by atoms with Gasteiger partial charge in [0.05, 0.1) is 6.04 Å². The number of hydrogen-bond donors (Lipinski definition) is 2. The number of amides is 2. The number of carbonyl (C=O) groups is 1. The summed E-state index contributed by atoms with van der Waals surface area (Å²) >= 11 is 0. The van der Waals surface area contributed by atoms with Crippen molar-refractivity contribution in [3.05, 3.63) is 0 Å². The average molecular weight is 181 g/mol. The molecule has 3 aliphatic rings. The molecule has 3 saturated heterocycles. The Labute approximate surface area is 77.8 Å². The van der Waals surface area contributed by atoms with Crippen LogP contribution in [0.5, 0.6) is 0 Å².